The Bertz CT molecular complexity index is 1580. The Morgan fingerprint density at radius 2 is 1.68 bits per heavy atom. The Hall–Kier alpha value is -3.03. The average Bonchev–Trinajstić information content (AvgIpc) is 3.10. The van der Waals surface area contributed by atoms with E-state index in [4.69, 9.17) is 11.6 Å². The first-order valence-electron chi connectivity index (χ1n) is 12.8. The van der Waals surface area contributed by atoms with E-state index < -0.39 is 68.1 Å². The molecule has 2 fully saturated rings. The molecule has 3 aromatic rings. The fraction of sp³-hybridized carbons (Fsp3) is 0.357. The number of anilines is 1. The molecule has 2 aliphatic rings. The van der Waals surface area contributed by atoms with Gasteiger partial charge >= 0.3 is 0 Å². The number of sulfone groups is 1. The van der Waals surface area contributed by atoms with Crippen molar-refractivity contribution < 1.29 is 41.7 Å². The number of benzene rings is 2. The molecule has 1 heterocycles. The number of rotatable bonds is 7. The number of aliphatic hydroxyl groups is 3. The highest BCUT2D eigenvalue weighted by Gasteiger charge is 2.60. The van der Waals surface area contributed by atoms with Crippen molar-refractivity contribution in [2.24, 2.45) is 11.8 Å². The van der Waals surface area contributed by atoms with Crippen LogP contribution in [0, 0.1) is 29.3 Å². The predicted octanol–water partition coefficient (Wildman–Crippen LogP) is 4.19. The molecule has 2 saturated carbocycles. The molecule has 8 nitrogen and oxygen atoms in total. The lowest BCUT2D eigenvalue weighted by molar-refractivity contribution is -0.178. The number of hydrogen-bond acceptors (Lipinski definition) is 7. The summed E-state index contributed by atoms with van der Waals surface area (Å²) in [5, 5.41) is 34.6. The fourth-order valence-corrected chi connectivity index (χ4v) is 8.48. The van der Waals surface area contributed by atoms with Gasteiger partial charge in [0.15, 0.2) is 21.5 Å². The molecule has 0 aliphatic heterocycles. The summed E-state index contributed by atoms with van der Waals surface area (Å²) in [6.07, 6.45) is -1.74. The van der Waals surface area contributed by atoms with Crippen LogP contribution in [-0.4, -0.2) is 51.6 Å². The lowest BCUT2D eigenvalue weighted by Gasteiger charge is -2.46. The van der Waals surface area contributed by atoms with Crippen LogP contribution in [0.25, 0.3) is 0 Å². The van der Waals surface area contributed by atoms with Crippen LogP contribution < -0.4 is 5.32 Å². The second kappa shape index (κ2) is 11.0. The highest BCUT2D eigenvalue weighted by Crippen LogP contribution is 2.55. The van der Waals surface area contributed by atoms with Crippen molar-refractivity contribution in [3.63, 3.8) is 0 Å². The molecule has 0 radical (unpaired) electrons. The summed E-state index contributed by atoms with van der Waals surface area (Å²) >= 11 is 6.26. The van der Waals surface area contributed by atoms with Crippen molar-refractivity contribution in [2.45, 2.75) is 53.6 Å². The van der Waals surface area contributed by atoms with E-state index in [2.05, 4.69) is 10.3 Å². The Kier molecular flexibility index (Phi) is 7.90. The molecule has 2 bridgehead atoms. The lowest BCUT2D eigenvalue weighted by atomic mass is 9.69. The number of aliphatic hydroxyl groups excluding tert-OH is 2. The summed E-state index contributed by atoms with van der Waals surface area (Å²) < 4.78 is 67.6. The van der Waals surface area contributed by atoms with E-state index in [1.807, 2.05) is 0 Å². The van der Waals surface area contributed by atoms with Crippen molar-refractivity contribution in [3.8, 4) is 0 Å². The van der Waals surface area contributed by atoms with E-state index in [9.17, 15) is 41.7 Å². The molecular weight excluding hydrogens is 585 g/mol. The first kappa shape index (κ1) is 29.5. The number of aromatic nitrogens is 1. The first-order chi connectivity index (χ1) is 19.3. The zero-order valence-corrected chi connectivity index (χ0v) is 22.9. The molecule has 41 heavy (non-hydrogen) atoms. The number of nitrogens with one attached hydrogen (secondary N) is 1. The Labute approximate surface area is 238 Å². The molecule has 0 saturated heterocycles. The van der Waals surface area contributed by atoms with E-state index in [1.165, 1.54) is 18.2 Å². The van der Waals surface area contributed by atoms with Gasteiger partial charge in [-0.25, -0.2) is 21.6 Å². The van der Waals surface area contributed by atoms with Crippen LogP contribution in [0.3, 0.4) is 0 Å². The van der Waals surface area contributed by atoms with Gasteiger partial charge in [0.05, 0.1) is 32.7 Å². The monoisotopic (exact) mass is 610 g/mol. The van der Waals surface area contributed by atoms with Gasteiger partial charge in [-0.3, -0.25) is 9.78 Å². The van der Waals surface area contributed by atoms with Gasteiger partial charge in [0.1, 0.15) is 18.0 Å². The van der Waals surface area contributed by atoms with Crippen LogP contribution in [0.4, 0.5) is 18.9 Å². The Balaban J connectivity index is 1.36. The van der Waals surface area contributed by atoms with Crippen LogP contribution >= 0.6 is 11.6 Å². The molecule has 1 amide bonds. The molecule has 6 atom stereocenters. The zero-order chi connectivity index (χ0) is 29.7. The number of nitrogens with zero attached hydrogens (tertiary/aromatic N) is 1. The minimum absolute atomic E-state index is 0.0343. The van der Waals surface area contributed by atoms with Crippen LogP contribution in [0.2, 0.25) is 5.02 Å². The summed E-state index contributed by atoms with van der Waals surface area (Å²) in [6.45, 7) is 0. The maximum Gasteiger partial charge on any atom is 0.255 e. The highest BCUT2D eigenvalue weighted by atomic mass is 35.5. The van der Waals surface area contributed by atoms with Gasteiger partial charge in [0, 0.05) is 17.3 Å². The van der Waals surface area contributed by atoms with Crippen molar-refractivity contribution in [1.29, 1.82) is 0 Å². The maximum absolute atomic E-state index is 13.8. The van der Waals surface area contributed by atoms with Crippen molar-refractivity contribution in [1.82, 2.24) is 4.98 Å². The predicted molar refractivity (Wildman–Crippen MR) is 142 cm³/mol. The van der Waals surface area contributed by atoms with Gasteiger partial charge in [-0.1, -0.05) is 11.6 Å². The van der Waals surface area contributed by atoms with E-state index in [1.54, 1.807) is 0 Å². The molecule has 13 heteroatoms. The van der Waals surface area contributed by atoms with E-state index in [0.29, 0.717) is 12.8 Å². The van der Waals surface area contributed by atoms with E-state index in [-0.39, 0.29) is 39.7 Å². The standard InChI is InChI=1S/C28H26ClF3N2O6S/c29-20-6-1-14(27(37)34-18-5-7-21(31)22(32)12-18)9-24(20)41(39,40)19-10-15-2-3-16(11-19)28(15,38)26(36)25(35)23-8-4-17(30)13-33-23/h1,4-9,12-13,15-16,19,25-26,35-36,38H,2-3,10-11H2,(H,34,37)/t15-,16?,19?,25?,26?,28?/m0/s1. The van der Waals surface area contributed by atoms with Gasteiger partial charge in [-0.15, -0.1) is 0 Å². The number of halogens is 4. The number of amides is 1. The summed E-state index contributed by atoms with van der Waals surface area (Å²) in [7, 11) is -4.14. The lowest BCUT2D eigenvalue weighted by Crippen LogP contribution is -2.57. The van der Waals surface area contributed by atoms with Crippen molar-refractivity contribution >= 4 is 33.0 Å². The molecule has 4 N–H and O–H groups in total. The molecule has 1 aromatic heterocycles. The highest BCUT2D eigenvalue weighted by molar-refractivity contribution is 7.92. The second-order valence-corrected chi connectivity index (χ2v) is 13.1. The molecule has 218 valence electrons. The molecular formula is C28H26ClF3N2O6S. The normalized spacial score (nSPS) is 25.5. The summed E-state index contributed by atoms with van der Waals surface area (Å²) in [5.74, 6) is -5.04. The molecule has 0 spiro atoms. The van der Waals surface area contributed by atoms with Crippen LogP contribution in [0.1, 0.15) is 47.8 Å². The third kappa shape index (κ3) is 5.35. The van der Waals surface area contributed by atoms with Gasteiger partial charge in [0.2, 0.25) is 0 Å². The fourth-order valence-electron chi connectivity index (χ4n) is 6.07. The van der Waals surface area contributed by atoms with Crippen LogP contribution in [0.15, 0.2) is 59.6 Å². The van der Waals surface area contributed by atoms with Gasteiger partial charge in [0.25, 0.3) is 5.91 Å². The number of fused-ring (bicyclic) bond motifs is 2. The molecule has 2 aliphatic carbocycles. The number of carbonyl (C=O) groups excluding carboxylic acids is 1. The average molecular weight is 611 g/mol. The zero-order valence-electron chi connectivity index (χ0n) is 21.3. The van der Waals surface area contributed by atoms with Gasteiger partial charge < -0.3 is 20.6 Å². The van der Waals surface area contributed by atoms with Crippen molar-refractivity contribution in [2.75, 3.05) is 5.32 Å². The van der Waals surface area contributed by atoms with Gasteiger partial charge in [-0.05, 0) is 80.0 Å². The number of carbonyl (C=O) groups is 1. The quantitative estimate of drug-likeness (QED) is 0.315. The molecule has 5 rings (SSSR count). The summed E-state index contributed by atoms with van der Waals surface area (Å²) in [6, 6.07) is 8.69. The minimum Gasteiger partial charge on any atom is -0.387 e. The van der Waals surface area contributed by atoms with Crippen LogP contribution in [0.5, 0.6) is 0 Å². The second-order valence-electron chi connectivity index (χ2n) is 10.5. The smallest absolute Gasteiger partial charge is 0.255 e. The van der Waals surface area contributed by atoms with E-state index in [0.717, 1.165) is 36.5 Å². The first-order valence-corrected chi connectivity index (χ1v) is 14.7. The maximum atomic E-state index is 13.8. The summed E-state index contributed by atoms with van der Waals surface area (Å²) in [4.78, 5) is 16.3. The molecule has 5 unspecified atom stereocenters. The van der Waals surface area contributed by atoms with Gasteiger partial charge in [-0.2, -0.15) is 0 Å². The number of hydrogen-bond donors (Lipinski definition) is 4. The van der Waals surface area contributed by atoms with Crippen LogP contribution in [-0.2, 0) is 9.84 Å². The summed E-state index contributed by atoms with van der Waals surface area (Å²) in [5.41, 5.74) is -1.96. The third-order valence-corrected chi connectivity index (χ3v) is 10.9. The number of pyridine rings is 1. The third-order valence-electron chi connectivity index (χ3n) is 8.21. The topological polar surface area (TPSA) is 137 Å². The largest absolute Gasteiger partial charge is 0.387 e. The Morgan fingerprint density at radius 3 is 2.29 bits per heavy atom. The minimum atomic E-state index is -4.14. The Morgan fingerprint density at radius 1 is 1.00 bits per heavy atom. The van der Waals surface area contributed by atoms with Crippen molar-refractivity contribution in [3.05, 3.63) is 88.5 Å². The van der Waals surface area contributed by atoms with E-state index >= 15 is 0 Å². The SMILES string of the molecule is O=C(Nc1ccc(F)c(F)c1)c1ccc(Cl)c(S(=O)(=O)C2CC3CC[C@@H](C2)C3(O)C(O)C(O)c2ccc(F)cn2)c1. The molecule has 2 aromatic carbocycles.